The van der Waals surface area contributed by atoms with E-state index in [2.05, 4.69) is 19.6 Å². The van der Waals surface area contributed by atoms with Crippen LogP contribution in [-0.2, 0) is 0 Å². The first kappa shape index (κ1) is 8.97. The molecule has 0 unspecified atom stereocenters. The molecule has 0 radical (unpaired) electrons. The summed E-state index contributed by atoms with van der Waals surface area (Å²) in [6.07, 6.45) is 3.42. The monoisotopic (exact) mass is 135 g/mol. The Morgan fingerprint density at radius 2 is 2.30 bits per heavy atom. The Balaban J connectivity index is 4.32. The van der Waals surface area contributed by atoms with Crippen molar-refractivity contribution in [2.45, 2.75) is 26.7 Å². The maximum atomic E-state index is 8.60. The summed E-state index contributed by atoms with van der Waals surface area (Å²) in [5, 5.41) is 8.60. The summed E-state index contributed by atoms with van der Waals surface area (Å²) < 4.78 is 0. The smallest absolute Gasteiger partial charge is 0.0949 e. The molecule has 0 N–H and O–H groups in total. The molecule has 0 aliphatic rings. The first-order valence-corrected chi connectivity index (χ1v) is 3.45. The Bertz CT molecular complexity index is 181. The van der Waals surface area contributed by atoms with Crippen molar-refractivity contribution in [3.05, 3.63) is 23.8 Å². The predicted molar refractivity (Wildman–Crippen MR) is 43.4 cm³/mol. The largest absolute Gasteiger partial charge is 0.193 e. The number of hydrogen-bond acceptors (Lipinski definition) is 1. The molecule has 0 bridgehead atoms. The Labute approximate surface area is 62.7 Å². The first-order valence-electron chi connectivity index (χ1n) is 3.45. The fourth-order valence-corrected chi connectivity index (χ4v) is 0.673. The number of nitriles is 1. The molecule has 0 rings (SSSR count). The Morgan fingerprint density at radius 1 is 1.70 bits per heavy atom. The number of rotatable bonds is 3. The van der Waals surface area contributed by atoms with Crippen LogP contribution in [0.15, 0.2) is 23.8 Å². The van der Waals surface area contributed by atoms with Crippen LogP contribution >= 0.6 is 0 Å². The van der Waals surface area contributed by atoms with Crippen LogP contribution in [0.25, 0.3) is 0 Å². The summed E-state index contributed by atoms with van der Waals surface area (Å²) in [6, 6.07) is 2.16. The lowest BCUT2D eigenvalue weighted by Gasteiger charge is -1.97. The van der Waals surface area contributed by atoms with Crippen molar-refractivity contribution in [2.24, 2.45) is 0 Å². The van der Waals surface area contributed by atoms with E-state index in [4.69, 9.17) is 5.26 Å². The molecule has 54 valence electrons. The zero-order chi connectivity index (χ0) is 7.98. The molecule has 0 heterocycles. The molecule has 0 aliphatic carbocycles. The molecule has 0 aliphatic heterocycles. The molecule has 0 aromatic rings. The summed E-state index contributed by atoms with van der Waals surface area (Å²) in [4.78, 5) is 0. The highest BCUT2D eigenvalue weighted by Crippen LogP contribution is 2.10. The van der Waals surface area contributed by atoms with Gasteiger partial charge in [0.2, 0.25) is 0 Å². The molecule has 0 saturated carbocycles. The average molecular weight is 135 g/mol. The molecule has 0 amide bonds. The van der Waals surface area contributed by atoms with E-state index >= 15 is 0 Å². The van der Waals surface area contributed by atoms with Crippen LogP contribution in [-0.4, -0.2) is 0 Å². The van der Waals surface area contributed by atoms with Gasteiger partial charge >= 0.3 is 0 Å². The molecule has 0 aromatic heterocycles. The summed E-state index contributed by atoms with van der Waals surface area (Å²) in [6.45, 7) is 7.62. The fraction of sp³-hybridized carbons (Fsp3) is 0.444. The quantitative estimate of drug-likeness (QED) is 0.431. The number of hydrogen-bond donors (Lipinski definition) is 0. The third-order valence-corrected chi connectivity index (χ3v) is 1.53. The molecule has 0 spiro atoms. The highest BCUT2D eigenvalue weighted by atomic mass is 14.2. The van der Waals surface area contributed by atoms with Crippen LogP contribution in [0.4, 0.5) is 0 Å². The van der Waals surface area contributed by atoms with Crippen LogP contribution in [0.5, 0.6) is 0 Å². The molecule has 0 saturated heterocycles. The van der Waals surface area contributed by atoms with Gasteiger partial charge in [-0.1, -0.05) is 18.6 Å². The van der Waals surface area contributed by atoms with E-state index in [1.165, 1.54) is 5.57 Å². The SMILES string of the molecule is C=CC/C(C#N)=C(\C)CC. The van der Waals surface area contributed by atoms with E-state index < -0.39 is 0 Å². The van der Waals surface area contributed by atoms with Gasteiger partial charge < -0.3 is 0 Å². The van der Waals surface area contributed by atoms with Gasteiger partial charge in [0.25, 0.3) is 0 Å². The van der Waals surface area contributed by atoms with Gasteiger partial charge in [0, 0.05) is 12.0 Å². The van der Waals surface area contributed by atoms with Gasteiger partial charge in [0.1, 0.15) is 0 Å². The number of allylic oxidation sites excluding steroid dienone is 3. The highest BCUT2D eigenvalue weighted by molar-refractivity contribution is 5.28. The van der Waals surface area contributed by atoms with Gasteiger partial charge in [-0.3, -0.25) is 0 Å². The van der Waals surface area contributed by atoms with Crippen molar-refractivity contribution in [2.75, 3.05) is 0 Å². The predicted octanol–water partition coefficient (Wildman–Crippen LogP) is 2.81. The van der Waals surface area contributed by atoms with Gasteiger partial charge in [-0.2, -0.15) is 5.26 Å². The highest BCUT2D eigenvalue weighted by Gasteiger charge is 1.95. The Hall–Kier alpha value is -1.03. The molecule has 1 nitrogen and oxygen atoms in total. The van der Waals surface area contributed by atoms with E-state index in [0.717, 1.165) is 12.0 Å². The number of nitrogens with zero attached hydrogens (tertiary/aromatic N) is 1. The van der Waals surface area contributed by atoms with Crippen LogP contribution in [0.2, 0.25) is 0 Å². The molecule has 0 atom stereocenters. The normalized spacial score (nSPS) is 11.7. The third-order valence-electron chi connectivity index (χ3n) is 1.53. The lowest BCUT2D eigenvalue weighted by atomic mass is 10.1. The fourth-order valence-electron chi connectivity index (χ4n) is 0.673. The molecule has 1 heteroatoms. The van der Waals surface area contributed by atoms with E-state index in [1.807, 2.05) is 6.92 Å². The van der Waals surface area contributed by atoms with Crippen LogP contribution in [0, 0.1) is 11.3 Å². The minimum Gasteiger partial charge on any atom is -0.193 e. The van der Waals surface area contributed by atoms with Crippen molar-refractivity contribution in [1.82, 2.24) is 0 Å². The molecule has 0 fully saturated rings. The van der Waals surface area contributed by atoms with Crippen molar-refractivity contribution in [3.8, 4) is 6.07 Å². The Kier molecular flexibility index (Phi) is 4.32. The molecular weight excluding hydrogens is 122 g/mol. The Morgan fingerprint density at radius 3 is 2.60 bits per heavy atom. The van der Waals surface area contributed by atoms with E-state index in [9.17, 15) is 0 Å². The lowest BCUT2D eigenvalue weighted by molar-refractivity contribution is 1.05. The van der Waals surface area contributed by atoms with Crippen molar-refractivity contribution in [3.63, 3.8) is 0 Å². The minimum absolute atomic E-state index is 0.705. The second kappa shape index (κ2) is 4.81. The molecule has 10 heavy (non-hydrogen) atoms. The summed E-state index contributed by atoms with van der Waals surface area (Å²) in [5.41, 5.74) is 2.03. The second-order valence-electron chi connectivity index (χ2n) is 2.22. The first-order chi connectivity index (χ1) is 4.76. The van der Waals surface area contributed by atoms with Gasteiger partial charge in [-0.05, 0) is 13.3 Å². The van der Waals surface area contributed by atoms with E-state index in [0.29, 0.717) is 6.42 Å². The van der Waals surface area contributed by atoms with Gasteiger partial charge in [-0.15, -0.1) is 6.58 Å². The minimum atomic E-state index is 0.705. The summed E-state index contributed by atoms with van der Waals surface area (Å²) in [7, 11) is 0. The zero-order valence-electron chi connectivity index (χ0n) is 6.65. The third kappa shape index (κ3) is 2.50. The van der Waals surface area contributed by atoms with Crippen molar-refractivity contribution < 1.29 is 0 Å². The summed E-state index contributed by atoms with van der Waals surface area (Å²) >= 11 is 0. The standard InChI is InChI=1S/C9H13N/c1-4-6-9(7-10)8(3)5-2/h4H,1,5-6H2,2-3H3/b9-8-. The van der Waals surface area contributed by atoms with Crippen LogP contribution in [0.1, 0.15) is 26.7 Å². The van der Waals surface area contributed by atoms with Crippen molar-refractivity contribution in [1.29, 1.82) is 5.26 Å². The van der Waals surface area contributed by atoms with E-state index in [-0.39, 0.29) is 0 Å². The molecular formula is C9H13N. The van der Waals surface area contributed by atoms with Crippen LogP contribution in [0.3, 0.4) is 0 Å². The van der Waals surface area contributed by atoms with Crippen molar-refractivity contribution >= 4 is 0 Å². The maximum Gasteiger partial charge on any atom is 0.0949 e. The topological polar surface area (TPSA) is 23.8 Å². The maximum absolute atomic E-state index is 8.60. The average Bonchev–Trinajstić information content (AvgIpc) is 1.99. The lowest BCUT2D eigenvalue weighted by Crippen LogP contribution is -1.82. The molecule has 0 aromatic carbocycles. The van der Waals surface area contributed by atoms with Gasteiger partial charge in [0.05, 0.1) is 6.07 Å². The second-order valence-corrected chi connectivity index (χ2v) is 2.22. The van der Waals surface area contributed by atoms with Crippen LogP contribution < -0.4 is 0 Å². The van der Waals surface area contributed by atoms with E-state index in [1.54, 1.807) is 6.08 Å². The van der Waals surface area contributed by atoms with Gasteiger partial charge in [0.15, 0.2) is 0 Å². The zero-order valence-corrected chi connectivity index (χ0v) is 6.65. The van der Waals surface area contributed by atoms with Gasteiger partial charge in [-0.25, -0.2) is 0 Å². The summed E-state index contributed by atoms with van der Waals surface area (Å²) in [5.74, 6) is 0.